The molecular formula is C21H24ClN7O2. The Kier molecular flexibility index (Phi) is 5.94. The molecule has 1 fully saturated rings. The summed E-state index contributed by atoms with van der Waals surface area (Å²) in [7, 11) is 1.56. The lowest BCUT2D eigenvalue weighted by atomic mass is 10.3. The van der Waals surface area contributed by atoms with Crippen LogP contribution in [0.3, 0.4) is 0 Å². The molecule has 0 bridgehead atoms. The maximum absolute atomic E-state index is 12.7. The van der Waals surface area contributed by atoms with Crippen molar-refractivity contribution in [2.45, 2.75) is 13.8 Å². The van der Waals surface area contributed by atoms with Crippen LogP contribution < -0.4 is 15.0 Å². The molecule has 162 valence electrons. The fourth-order valence-electron chi connectivity index (χ4n) is 3.60. The molecule has 0 unspecified atom stereocenters. The first-order chi connectivity index (χ1) is 14.9. The number of rotatable bonds is 4. The molecule has 0 spiro atoms. The normalized spacial score (nSPS) is 13.9. The van der Waals surface area contributed by atoms with Crippen molar-refractivity contribution in [3.8, 4) is 11.6 Å². The van der Waals surface area contributed by atoms with Crippen LogP contribution in [-0.2, 0) is 0 Å². The highest BCUT2D eigenvalue weighted by atomic mass is 35.5. The highest BCUT2D eigenvalue weighted by Crippen LogP contribution is 2.28. The van der Waals surface area contributed by atoms with Crippen LogP contribution in [0.5, 0.6) is 5.75 Å². The molecule has 4 rings (SSSR count). The number of nitrogens with one attached hydrogen (secondary N) is 1. The summed E-state index contributed by atoms with van der Waals surface area (Å²) in [6.07, 6.45) is 1.55. The fraction of sp³-hybridized carbons (Fsp3) is 0.333. The van der Waals surface area contributed by atoms with Crippen molar-refractivity contribution in [3.05, 3.63) is 53.1 Å². The molecule has 1 aliphatic rings. The predicted octanol–water partition coefficient (Wildman–Crippen LogP) is 3.30. The number of piperazine rings is 1. The van der Waals surface area contributed by atoms with E-state index in [0.717, 1.165) is 23.0 Å². The number of carbonyl (C=O) groups excluding carboxylic acids is 1. The van der Waals surface area contributed by atoms with E-state index in [1.165, 1.54) is 0 Å². The number of methoxy groups -OCH3 is 1. The second-order valence-corrected chi connectivity index (χ2v) is 7.76. The van der Waals surface area contributed by atoms with E-state index in [-0.39, 0.29) is 6.03 Å². The Balaban J connectivity index is 1.41. The summed E-state index contributed by atoms with van der Waals surface area (Å²) in [6, 6.07) is 8.87. The fourth-order valence-corrected chi connectivity index (χ4v) is 3.77. The highest BCUT2D eigenvalue weighted by Gasteiger charge is 2.23. The zero-order valence-electron chi connectivity index (χ0n) is 17.7. The molecule has 0 radical (unpaired) electrons. The largest absolute Gasteiger partial charge is 0.495 e. The molecule has 2 amide bonds. The van der Waals surface area contributed by atoms with Gasteiger partial charge in [0.1, 0.15) is 17.9 Å². The van der Waals surface area contributed by atoms with Gasteiger partial charge in [-0.1, -0.05) is 11.6 Å². The Morgan fingerprint density at radius 2 is 1.81 bits per heavy atom. The molecule has 1 N–H and O–H groups in total. The number of urea groups is 1. The molecule has 0 aliphatic carbocycles. The number of carbonyl (C=O) groups is 1. The third-order valence-corrected chi connectivity index (χ3v) is 5.39. The van der Waals surface area contributed by atoms with Crippen LogP contribution in [0, 0.1) is 13.8 Å². The maximum atomic E-state index is 12.7. The summed E-state index contributed by atoms with van der Waals surface area (Å²) in [5.74, 6) is 2.10. The van der Waals surface area contributed by atoms with Crippen molar-refractivity contribution in [3.63, 3.8) is 0 Å². The van der Waals surface area contributed by atoms with Gasteiger partial charge in [0, 0.05) is 43.0 Å². The highest BCUT2D eigenvalue weighted by molar-refractivity contribution is 6.31. The van der Waals surface area contributed by atoms with Gasteiger partial charge < -0.3 is 19.9 Å². The number of benzene rings is 1. The van der Waals surface area contributed by atoms with Crippen LogP contribution in [0.25, 0.3) is 5.82 Å². The van der Waals surface area contributed by atoms with E-state index in [4.69, 9.17) is 16.3 Å². The van der Waals surface area contributed by atoms with Gasteiger partial charge in [-0.3, -0.25) is 0 Å². The minimum absolute atomic E-state index is 0.189. The summed E-state index contributed by atoms with van der Waals surface area (Å²) >= 11 is 6.05. The van der Waals surface area contributed by atoms with Crippen LogP contribution in [0.2, 0.25) is 5.02 Å². The van der Waals surface area contributed by atoms with Crippen LogP contribution >= 0.6 is 11.6 Å². The van der Waals surface area contributed by atoms with E-state index in [0.29, 0.717) is 42.6 Å². The van der Waals surface area contributed by atoms with E-state index < -0.39 is 0 Å². The minimum atomic E-state index is -0.189. The monoisotopic (exact) mass is 441 g/mol. The van der Waals surface area contributed by atoms with Crippen molar-refractivity contribution in [2.24, 2.45) is 0 Å². The summed E-state index contributed by atoms with van der Waals surface area (Å²) in [5.41, 5.74) is 2.50. The van der Waals surface area contributed by atoms with Crippen molar-refractivity contribution in [1.82, 2.24) is 24.6 Å². The van der Waals surface area contributed by atoms with Crippen molar-refractivity contribution in [2.75, 3.05) is 43.5 Å². The molecule has 1 aliphatic heterocycles. The molecule has 1 saturated heterocycles. The van der Waals surface area contributed by atoms with Crippen molar-refractivity contribution in [1.29, 1.82) is 0 Å². The average Bonchev–Trinajstić information content (AvgIpc) is 3.12. The number of anilines is 2. The van der Waals surface area contributed by atoms with E-state index >= 15 is 0 Å². The second-order valence-electron chi connectivity index (χ2n) is 7.32. The standard InChI is InChI=1S/C21H24ClN7O2/c1-14-10-15(2)29(26-14)20-12-19(23-13-24-20)27-6-8-28(9-7-27)21(30)25-17-11-16(22)4-5-18(17)31-3/h4-5,10-13H,6-9H2,1-3H3,(H,25,30). The first-order valence-corrected chi connectivity index (χ1v) is 10.3. The van der Waals surface area contributed by atoms with Crippen molar-refractivity contribution >= 4 is 29.1 Å². The number of ether oxygens (including phenoxy) is 1. The molecule has 2 aromatic heterocycles. The number of aryl methyl sites for hydroxylation is 2. The molecule has 3 aromatic rings. The summed E-state index contributed by atoms with van der Waals surface area (Å²) in [4.78, 5) is 25.4. The molecule has 10 heteroatoms. The lowest BCUT2D eigenvalue weighted by Gasteiger charge is -2.35. The van der Waals surface area contributed by atoms with Crippen LogP contribution in [0.1, 0.15) is 11.4 Å². The SMILES string of the molecule is COc1ccc(Cl)cc1NC(=O)N1CCN(c2cc(-n3nc(C)cc3C)ncn2)CC1. The Hall–Kier alpha value is -3.33. The Morgan fingerprint density at radius 3 is 2.48 bits per heavy atom. The van der Waals surface area contributed by atoms with Gasteiger partial charge in [0.2, 0.25) is 0 Å². The van der Waals surface area contributed by atoms with E-state index in [9.17, 15) is 4.79 Å². The molecule has 0 saturated carbocycles. The number of amides is 2. The Morgan fingerprint density at radius 1 is 1.06 bits per heavy atom. The van der Waals surface area contributed by atoms with Gasteiger partial charge >= 0.3 is 6.03 Å². The zero-order chi connectivity index (χ0) is 22.0. The molecule has 0 atom stereocenters. The summed E-state index contributed by atoms with van der Waals surface area (Å²) < 4.78 is 7.11. The van der Waals surface area contributed by atoms with E-state index in [2.05, 4.69) is 25.3 Å². The predicted molar refractivity (Wildman–Crippen MR) is 119 cm³/mol. The van der Waals surface area contributed by atoms with E-state index in [1.807, 2.05) is 30.7 Å². The average molecular weight is 442 g/mol. The third kappa shape index (κ3) is 4.56. The zero-order valence-corrected chi connectivity index (χ0v) is 18.4. The molecule has 3 heterocycles. The number of nitrogens with zero attached hydrogens (tertiary/aromatic N) is 6. The van der Waals surface area contributed by atoms with Gasteiger partial charge in [0.05, 0.1) is 18.5 Å². The number of hydrogen-bond acceptors (Lipinski definition) is 6. The van der Waals surface area contributed by atoms with E-state index in [1.54, 1.807) is 36.5 Å². The first-order valence-electron chi connectivity index (χ1n) is 9.94. The third-order valence-electron chi connectivity index (χ3n) is 5.16. The lowest BCUT2D eigenvalue weighted by molar-refractivity contribution is 0.208. The topological polar surface area (TPSA) is 88.4 Å². The first kappa shape index (κ1) is 20.9. The quantitative estimate of drug-likeness (QED) is 0.668. The number of hydrogen-bond donors (Lipinski definition) is 1. The minimum Gasteiger partial charge on any atom is -0.495 e. The van der Waals surface area contributed by atoms with Crippen LogP contribution in [-0.4, -0.2) is 64.0 Å². The van der Waals surface area contributed by atoms with Crippen LogP contribution in [0.15, 0.2) is 36.7 Å². The van der Waals surface area contributed by atoms with Gasteiger partial charge in [0.15, 0.2) is 5.82 Å². The van der Waals surface area contributed by atoms with Gasteiger partial charge in [-0.15, -0.1) is 0 Å². The summed E-state index contributed by atoms with van der Waals surface area (Å²) in [5, 5.41) is 7.91. The number of halogens is 1. The smallest absolute Gasteiger partial charge is 0.322 e. The molecule has 1 aromatic carbocycles. The number of aromatic nitrogens is 4. The van der Waals surface area contributed by atoms with Gasteiger partial charge in [-0.25, -0.2) is 19.4 Å². The molecule has 9 nitrogen and oxygen atoms in total. The second kappa shape index (κ2) is 8.81. The summed E-state index contributed by atoms with van der Waals surface area (Å²) in [6.45, 7) is 6.40. The molecule has 31 heavy (non-hydrogen) atoms. The lowest BCUT2D eigenvalue weighted by Crippen LogP contribution is -2.50. The van der Waals surface area contributed by atoms with Gasteiger partial charge in [-0.05, 0) is 38.1 Å². The maximum Gasteiger partial charge on any atom is 0.322 e. The van der Waals surface area contributed by atoms with Crippen molar-refractivity contribution < 1.29 is 9.53 Å². The van der Waals surface area contributed by atoms with Gasteiger partial charge in [-0.2, -0.15) is 5.10 Å². The van der Waals surface area contributed by atoms with Gasteiger partial charge in [0.25, 0.3) is 0 Å². The molecular weight excluding hydrogens is 418 g/mol. The Labute approximate surface area is 185 Å². The Bertz CT molecular complexity index is 1090. The van der Waals surface area contributed by atoms with Crippen LogP contribution in [0.4, 0.5) is 16.3 Å².